The van der Waals surface area contributed by atoms with Crippen molar-refractivity contribution in [2.75, 3.05) is 34.2 Å². The molecule has 1 aliphatic carbocycles. The second kappa shape index (κ2) is 10.3. The molecule has 12 heteroatoms. The molecule has 0 amide bonds. The molecular weight excluding hydrogens is 540 g/mol. The van der Waals surface area contributed by atoms with Crippen LogP contribution < -0.4 is 18.9 Å². The van der Waals surface area contributed by atoms with Gasteiger partial charge in [0.2, 0.25) is 6.79 Å². The highest BCUT2D eigenvalue weighted by Crippen LogP contribution is 2.56. The first-order chi connectivity index (χ1) is 19.9. The summed E-state index contributed by atoms with van der Waals surface area (Å²) >= 11 is 0. The van der Waals surface area contributed by atoms with E-state index in [0.717, 1.165) is 16.7 Å². The van der Waals surface area contributed by atoms with E-state index in [-0.39, 0.29) is 26.0 Å². The van der Waals surface area contributed by atoms with E-state index >= 15 is 0 Å². The van der Waals surface area contributed by atoms with Crippen molar-refractivity contribution in [3.05, 3.63) is 47.0 Å². The van der Waals surface area contributed by atoms with Crippen molar-refractivity contribution in [3.63, 3.8) is 0 Å². The zero-order valence-electron chi connectivity index (χ0n) is 22.7. The fourth-order valence-electron chi connectivity index (χ4n) is 6.58. The molecule has 4 heterocycles. The van der Waals surface area contributed by atoms with Crippen LogP contribution in [0.4, 0.5) is 0 Å². The van der Waals surface area contributed by atoms with Gasteiger partial charge < -0.3 is 52.8 Å². The molecule has 0 spiro atoms. The van der Waals surface area contributed by atoms with Crippen LogP contribution in [-0.4, -0.2) is 87.4 Å². The lowest BCUT2D eigenvalue weighted by Gasteiger charge is -2.47. The molecule has 0 saturated carbocycles. The van der Waals surface area contributed by atoms with Crippen LogP contribution in [0.1, 0.15) is 35.6 Å². The molecule has 219 valence electrons. The van der Waals surface area contributed by atoms with Gasteiger partial charge in [-0.2, -0.15) is 0 Å². The van der Waals surface area contributed by atoms with Crippen LogP contribution >= 0.6 is 0 Å². The maximum Gasteiger partial charge on any atom is 0.310 e. The summed E-state index contributed by atoms with van der Waals surface area (Å²) in [7, 11) is 3.08. The first-order valence-electron chi connectivity index (χ1n) is 13.6. The number of fused-ring (bicyclic) bond motifs is 4. The summed E-state index contributed by atoms with van der Waals surface area (Å²) in [5.41, 5.74) is 2.25. The number of cyclic esters (lactones) is 1. The fourth-order valence-corrected chi connectivity index (χ4v) is 6.58. The molecule has 3 saturated heterocycles. The average Bonchev–Trinajstić information content (AvgIpc) is 3.60. The molecule has 0 aromatic heterocycles. The maximum atomic E-state index is 13.4. The number of carbonyl (C=O) groups excluding carboxylic acids is 1. The molecular formula is C29H31O12. The van der Waals surface area contributed by atoms with E-state index in [1.807, 2.05) is 24.3 Å². The molecule has 4 aliphatic heterocycles. The summed E-state index contributed by atoms with van der Waals surface area (Å²) in [5.74, 6) is 0.0342. The lowest BCUT2D eigenvalue weighted by molar-refractivity contribution is -0.364. The number of aliphatic hydroxyl groups excluding tert-OH is 2. The van der Waals surface area contributed by atoms with Crippen LogP contribution in [-0.2, 0) is 28.5 Å². The third-order valence-corrected chi connectivity index (χ3v) is 8.53. The van der Waals surface area contributed by atoms with Crippen molar-refractivity contribution in [1.82, 2.24) is 0 Å². The Morgan fingerprint density at radius 2 is 1.61 bits per heavy atom. The second-order valence-corrected chi connectivity index (χ2v) is 10.8. The van der Waals surface area contributed by atoms with Gasteiger partial charge in [0, 0.05) is 11.8 Å². The van der Waals surface area contributed by atoms with Crippen molar-refractivity contribution in [3.8, 4) is 23.0 Å². The molecule has 0 unspecified atom stereocenters. The lowest BCUT2D eigenvalue weighted by atomic mass is 9.66. The van der Waals surface area contributed by atoms with Gasteiger partial charge in [0.25, 0.3) is 0 Å². The Kier molecular flexibility index (Phi) is 6.72. The highest BCUT2D eigenvalue weighted by molar-refractivity contribution is 5.78. The summed E-state index contributed by atoms with van der Waals surface area (Å²) in [6.07, 6.45) is -6.62. The summed E-state index contributed by atoms with van der Waals surface area (Å²) in [6.45, 7) is 2.03. The lowest BCUT2D eigenvalue weighted by Crippen LogP contribution is -2.63. The molecule has 5 aliphatic rings. The third-order valence-electron chi connectivity index (χ3n) is 8.53. The van der Waals surface area contributed by atoms with Gasteiger partial charge in [-0.25, -0.2) is 0 Å². The van der Waals surface area contributed by atoms with Crippen LogP contribution in [0.3, 0.4) is 0 Å². The summed E-state index contributed by atoms with van der Waals surface area (Å²) in [6, 6.07) is 10.4. The number of hydrogen-bond donors (Lipinski definition) is 2. The van der Waals surface area contributed by atoms with Crippen LogP contribution in [0.5, 0.6) is 23.0 Å². The summed E-state index contributed by atoms with van der Waals surface area (Å²) < 4.78 is 51.7. The molecule has 1 radical (unpaired) electrons. The Morgan fingerprint density at radius 1 is 0.902 bits per heavy atom. The zero-order valence-corrected chi connectivity index (χ0v) is 22.7. The minimum atomic E-state index is -1.41. The van der Waals surface area contributed by atoms with Gasteiger partial charge in [-0.1, -0.05) is 0 Å². The molecule has 0 bridgehead atoms. The van der Waals surface area contributed by atoms with E-state index in [1.165, 1.54) is 14.2 Å². The predicted molar refractivity (Wildman–Crippen MR) is 136 cm³/mol. The van der Waals surface area contributed by atoms with Crippen LogP contribution in [0.15, 0.2) is 24.3 Å². The van der Waals surface area contributed by atoms with Crippen LogP contribution in [0.2, 0.25) is 0 Å². The molecule has 2 aromatic rings. The molecule has 3 fully saturated rings. The van der Waals surface area contributed by atoms with Gasteiger partial charge >= 0.3 is 5.97 Å². The van der Waals surface area contributed by atoms with Gasteiger partial charge in [0.1, 0.15) is 35.9 Å². The number of hydrogen-bond acceptors (Lipinski definition) is 12. The second-order valence-electron chi connectivity index (χ2n) is 10.8. The number of aliphatic hydroxyl groups is 2. The molecule has 7 rings (SSSR count). The number of esters is 1. The van der Waals surface area contributed by atoms with Crippen molar-refractivity contribution >= 4 is 5.97 Å². The molecule has 2 N–H and O–H groups in total. The molecule has 12 nitrogen and oxygen atoms in total. The van der Waals surface area contributed by atoms with E-state index in [4.69, 9.17) is 42.6 Å². The Morgan fingerprint density at radius 3 is 2.32 bits per heavy atom. The Labute approximate surface area is 235 Å². The minimum absolute atomic E-state index is 0.0589. The highest BCUT2D eigenvalue weighted by Gasteiger charge is 2.56. The Bertz CT molecular complexity index is 1310. The zero-order chi connectivity index (χ0) is 28.4. The van der Waals surface area contributed by atoms with E-state index < -0.39 is 60.9 Å². The van der Waals surface area contributed by atoms with Gasteiger partial charge in [-0.3, -0.25) is 4.79 Å². The number of methoxy groups -OCH3 is 2. The van der Waals surface area contributed by atoms with Crippen molar-refractivity contribution in [1.29, 1.82) is 0 Å². The first kappa shape index (κ1) is 26.7. The predicted octanol–water partition coefficient (Wildman–Crippen LogP) is 1.43. The standard InChI is InChI=1S/C29H31O12/c1-12-35-10-21-27(39-12)24(30)25(31)29(40-21)41-26-17-8-20-19(37-11-38-20)7-16(17)22(23-18(26)9-36-28(23)32)13-4-14(33-2)6-15(5-13)34-3/h4-5,7-8,12,18,21-27,29-31H,9-11H2,1-3H3/t12-,18+,21-,22-,23+,24-,25-,26-,27-,29+/m1/s1. The minimum Gasteiger partial charge on any atom is -0.496 e. The van der Waals surface area contributed by atoms with Gasteiger partial charge in [0.15, 0.2) is 24.1 Å². The SMILES string of the molecule is COc1[c]c(OC)cc([C@@H]2c3cc4c(cc3[C@@H](O[C@@H]3O[C@@H]5CO[C@@H](C)O[C@H]5[C@H](O)[C@H]3O)[C@H]3COC(=O)[C@H]23)OCO4)c1. The van der Waals surface area contributed by atoms with Crippen molar-refractivity contribution < 1.29 is 57.6 Å². The van der Waals surface area contributed by atoms with Crippen LogP contribution in [0.25, 0.3) is 0 Å². The van der Waals surface area contributed by atoms with E-state index in [2.05, 4.69) is 6.07 Å². The normalized spacial score (nSPS) is 37.0. The van der Waals surface area contributed by atoms with Gasteiger partial charge in [0.05, 0.1) is 45.5 Å². The Hall–Kier alpha value is -3.13. The van der Waals surface area contributed by atoms with E-state index in [9.17, 15) is 15.0 Å². The van der Waals surface area contributed by atoms with E-state index in [1.54, 1.807) is 6.92 Å². The third kappa shape index (κ3) is 4.41. The molecule has 10 atom stereocenters. The Balaban J connectivity index is 1.31. The maximum absolute atomic E-state index is 13.4. The van der Waals surface area contributed by atoms with Gasteiger partial charge in [-0.05, 0) is 47.9 Å². The largest absolute Gasteiger partial charge is 0.496 e. The monoisotopic (exact) mass is 571 g/mol. The number of carbonyl (C=O) groups is 1. The van der Waals surface area contributed by atoms with E-state index in [0.29, 0.717) is 23.0 Å². The quantitative estimate of drug-likeness (QED) is 0.502. The summed E-state index contributed by atoms with van der Waals surface area (Å²) in [4.78, 5) is 13.4. The fraction of sp³-hybridized carbons (Fsp3) is 0.552. The number of rotatable bonds is 5. The van der Waals surface area contributed by atoms with Crippen LogP contribution in [0, 0.1) is 17.9 Å². The smallest absolute Gasteiger partial charge is 0.310 e. The topological polar surface area (TPSA) is 141 Å². The number of benzene rings is 2. The molecule has 41 heavy (non-hydrogen) atoms. The average molecular weight is 572 g/mol. The first-order valence-corrected chi connectivity index (χ1v) is 13.6. The van der Waals surface area contributed by atoms with Gasteiger partial charge in [-0.15, -0.1) is 0 Å². The summed E-state index contributed by atoms with van der Waals surface area (Å²) in [5, 5.41) is 21.9. The number of ether oxygens (including phenoxy) is 9. The molecule has 2 aromatic carbocycles. The van der Waals surface area contributed by atoms with Crippen molar-refractivity contribution in [2.24, 2.45) is 11.8 Å². The highest BCUT2D eigenvalue weighted by atomic mass is 16.8. The van der Waals surface area contributed by atoms with Crippen molar-refractivity contribution in [2.45, 2.75) is 55.9 Å².